The maximum Gasteiger partial charge on any atom is 0.494 e. The smallest absolute Gasteiger partial charge is 0.449 e. The molecule has 9 heteroatoms. The monoisotopic (exact) mass is 460 g/mol. The molecule has 3 rings (SSSR count). The van der Waals surface area contributed by atoms with Gasteiger partial charge in [-0.05, 0) is 84.8 Å². The summed E-state index contributed by atoms with van der Waals surface area (Å²) >= 11 is 0. The Morgan fingerprint density at radius 2 is 1.61 bits per heavy atom. The molecule has 8 nitrogen and oxygen atoms in total. The van der Waals surface area contributed by atoms with Gasteiger partial charge in [-0.3, -0.25) is 5.32 Å². The van der Waals surface area contributed by atoms with Crippen LogP contribution < -0.4 is 10.8 Å². The van der Waals surface area contributed by atoms with Crippen LogP contribution in [0.4, 0.5) is 15.3 Å². The lowest BCUT2D eigenvalue weighted by molar-refractivity contribution is 0.00578. The Labute approximate surface area is 197 Å². The Morgan fingerprint density at radius 3 is 2.12 bits per heavy atom. The Balaban J connectivity index is 1.41. The van der Waals surface area contributed by atoms with Crippen LogP contribution in [0.15, 0.2) is 24.3 Å². The number of likely N-dealkylation sites (tertiary alicyclic amines) is 1. The number of hydrogen-bond donors (Lipinski definition) is 1. The van der Waals surface area contributed by atoms with Gasteiger partial charge in [-0.1, -0.05) is 12.1 Å². The highest BCUT2D eigenvalue weighted by Crippen LogP contribution is 2.36. The minimum absolute atomic E-state index is 0.222. The molecule has 0 bridgehead atoms. The summed E-state index contributed by atoms with van der Waals surface area (Å²) in [6.45, 7) is 15.1. The fraction of sp³-hybridized carbons (Fsp3) is 0.667. The van der Waals surface area contributed by atoms with Crippen molar-refractivity contribution in [3.8, 4) is 0 Å². The number of carbonyl (C=O) groups excluding carboxylic acids is 2. The van der Waals surface area contributed by atoms with E-state index >= 15 is 0 Å². The molecule has 0 spiro atoms. The van der Waals surface area contributed by atoms with Crippen molar-refractivity contribution in [3.63, 3.8) is 0 Å². The predicted octanol–water partition coefficient (Wildman–Crippen LogP) is 4.18. The average Bonchev–Trinajstić information content (AvgIpc) is 2.93. The van der Waals surface area contributed by atoms with Gasteiger partial charge in [0.15, 0.2) is 0 Å². The zero-order valence-electron chi connectivity index (χ0n) is 20.9. The normalized spacial score (nSPS) is 20.5. The molecule has 0 saturated carbocycles. The van der Waals surface area contributed by atoms with Crippen LogP contribution in [0.2, 0.25) is 0 Å². The van der Waals surface area contributed by atoms with E-state index in [-0.39, 0.29) is 12.0 Å². The lowest BCUT2D eigenvalue weighted by atomic mass is 9.79. The molecule has 0 atom stereocenters. The number of hydrogen-bond acceptors (Lipinski definition) is 6. The topological polar surface area (TPSA) is 86.3 Å². The van der Waals surface area contributed by atoms with Crippen LogP contribution >= 0.6 is 0 Å². The van der Waals surface area contributed by atoms with Crippen LogP contribution in [0, 0.1) is 5.92 Å². The summed E-state index contributed by atoms with van der Waals surface area (Å²) in [6, 6.07) is 7.37. The van der Waals surface area contributed by atoms with E-state index in [1.807, 2.05) is 60.6 Å². The first kappa shape index (κ1) is 25.4. The Bertz CT molecular complexity index is 826. The predicted molar refractivity (Wildman–Crippen MR) is 128 cm³/mol. The molecule has 2 fully saturated rings. The molecule has 2 aliphatic rings. The molecule has 2 amide bonds. The van der Waals surface area contributed by atoms with Gasteiger partial charge in [0, 0.05) is 18.8 Å². The van der Waals surface area contributed by atoms with Gasteiger partial charge in [0.2, 0.25) is 0 Å². The number of anilines is 1. The summed E-state index contributed by atoms with van der Waals surface area (Å²) in [5.41, 5.74) is 0.227. The van der Waals surface area contributed by atoms with Crippen molar-refractivity contribution in [1.29, 1.82) is 0 Å². The van der Waals surface area contributed by atoms with Gasteiger partial charge in [-0.15, -0.1) is 0 Å². The summed E-state index contributed by atoms with van der Waals surface area (Å²) in [5.74, 6) is 0.222. The minimum Gasteiger partial charge on any atom is -0.449 e. The van der Waals surface area contributed by atoms with Gasteiger partial charge >= 0.3 is 19.3 Å². The highest BCUT2D eigenvalue weighted by Gasteiger charge is 2.51. The van der Waals surface area contributed by atoms with Crippen LogP contribution in [0.1, 0.15) is 61.3 Å². The largest absolute Gasteiger partial charge is 0.494 e. The first-order valence-electron chi connectivity index (χ1n) is 11.6. The summed E-state index contributed by atoms with van der Waals surface area (Å²) in [5, 5.41) is 2.76. The maximum absolute atomic E-state index is 12.2. The third kappa shape index (κ3) is 6.63. The van der Waals surface area contributed by atoms with Crippen LogP contribution in [-0.4, -0.2) is 60.7 Å². The molecule has 33 heavy (non-hydrogen) atoms. The Kier molecular flexibility index (Phi) is 7.34. The fourth-order valence-electron chi connectivity index (χ4n) is 3.66. The quantitative estimate of drug-likeness (QED) is 0.679. The highest BCUT2D eigenvalue weighted by molar-refractivity contribution is 6.62. The standard InChI is InChI=1S/C24H37BN2O6/c1-22(2,3)31-21(29)27-14-12-17(13-15-27)16-30-20(28)26-19-10-8-18(9-11-19)25-32-23(4,5)24(6,7)33-25/h8-11,17H,12-16H2,1-7H3,(H,26,28). The van der Waals surface area contributed by atoms with Crippen molar-refractivity contribution in [2.45, 2.75) is 78.1 Å². The zero-order chi connectivity index (χ0) is 24.4. The van der Waals surface area contributed by atoms with Crippen LogP contribution in [0.25, 0.3) is 0 Å². The molecule has 2 heterocycles. The lowest BCUT2D eigenvalue weighted by Gasteiger charge is -2.33. The van der Waals surface area contributed by atoms with Crippen LogP contribution in [0.5, 0.6) is 0 Å². The number of carbonyl (C=O) groups is 2. The summed E-state index contributed by atoms with van der Waals surface area (Å²) in [7, 11) is -0.442. The number of amides is 2. The van der Waals surface area contributed by atoms with E-state index in [1.165, 1.54) is 0 Å². The Hall–Kier alpha value is -2.26. The zero-order valence-corrected chi connectivity index (χ0v) is 20.9. The minimum atomic E-state index is -0.502. The van der Waals surface area contributed by atoms with E-state index < -0.39 is 30.0 Å². The summed E-state index contributed by atoms with van der Waals surface area (Å²) in [6.07, 6.45) is 0.765. The van der Waals surface area contributed by atoms with Crippen molar-refractivity contribution in [3.05, 3.63) is 24.3 Å². The molecule has 0 radical (unpaired) electrons. The highest BCUT2D eigenvalue weighted by atomic mass is 16.7. The molecule has 0 aliphatic carbocycles. The van der Waals surface area contributed by atoms with Crippen molar-refractivity contribution in [2.75, 3.05) is 25.0 Å². The van der Waals surface area contributed by atoms with E-state index in [0.717, 1.165) is 18.3 Å². The Morgan fingerprint density at radius 1 is 1.06 bits per heavy atom. The van der Waals surface area contributed by atoms with Crippen molar-refractivity contribution in [1.82, 2.24) is 4.90 Å². The number of nitrogens with one attached hydrogen (secondary N) is 1. The lowest BCUT2D eigenvalue weighted by Crippen LogP contribution is -2.42. The first-order chi connectivity index (χ1) is 15.3. The summed E-state index contributed by atoms with van der Waals surface area (Å²) in [4.78, 5) is 26.1. The summed E-state index contributed by atoms with van der Waals surface area (Å²) < 4.78 is 22.9. The molecule has 0 unspecified atom stereocenters. The molecule has 1 aromatic carbocycles. The number of rotatable bonds is 4. The van der Waals surface area contributed by atoms with E-state index in [9.17, 15) is 9.59 Å². The van der Waals surface area contributed by atoms with E-state index in [0.29, 0.717) is 25.4 Å². The van der Waals surface area contributed by atoms with E-state index in [4.69, 9.17) is 18.8 Å². The first-order valence-corrected chi connectivity index (χ1v) is 11.6. The number of nitrogens with zero attached hydrogens (tertiary/aromatic N) is 1. The SMILES string of the molecule is CC(C)(C)OC(=O)N1CCC(COC(=O)Nc2ccc(B3OC(C)(C)C(C)(C)O3)cc2)CC1. The molecular formula is C24H37BN2O6. The molecule has 2 aliphatic heterocycles. The second kappa shape index (κ2) is 9.54. The van der Waals surface area contributed by atoms with Gasteiger partial charge < -0.3 is 23.7 Å². The van der Waals surface area contributed by atoms with Crippen molar-refractivity contribution >= 4 is 30.5 Å². The van der Waals surface area contributed by atoms with Crippen LogP contribution in [0.3, 0.4) is 0 Å². The van der Waals surface area contributed by atoms with E-state index in [1.54, 1.807) is 17.0 Å². The average molecular weight is 460 g/mol. The third-order valence-electron chi connectivity index (χ3n) is 6.40. The van der Waals surface area contributed by atoms with Gasteiger partial charge in [0.05, 0.1) is 17.8 Å². The number of benzene rings is 1. The van der Waals surface area contributed by atoms with Gasteiger partial charge in [-0.25, -0.2) is 9.59 Å². The van der Waals surface area contributed by atoms with E-state index in [2.05, 4.69) is 5.32 Å². The third-order valence-corrected chi connectivity index (χ3v) is 6.40. The molecule has 1 aromatic rings. The molecule has 182 valence electrons. The fourth-order valence-corrected chi connectivity index (χ4v) is 3.66. The maximum atomic E-state index is 12.2. The molecular weight excluding hydrogens is 423 g/mol. The van der Waals surface area contributed by atoms with Gasteiger partial charge in [0.1, 0.15) is 5.60 Å². The molecule has 0 aromatic heterocycles. The molecule has 2 saturated heterocycles. The van der Waals surface area contributed by atoms with Crippen LogP contribution in [-0.2, 0) is 18.8 Å². The van der Waals surface area contributed by atoms with Crippen molar-refractivity contribution < 1.29 is 28.4 Å². The second-order valence-corrected chi connectivity index (χ2v) is 10.8. The molecule has 1 N–H and O–H groups in total. The van der Waals surface area contributed by atoms with Gasteiger partial charge in [0.25, 0.3) is 0 Å². The second-order valence-electron chi connectivity index (χ2n) is 10.8. The van der Waals surface area contributed by atoms with Gasteiger partial charge in [-0.2, -0.15) is 0 Å². The van der Waals surface area contributed by atoms with Crippen molar-refractivity contribution in [2.24, 2.45) is 5.92 Å². The number of piperidine rings is 1. The number of ether oxygens (including phenoxy) is 2.